The summed E-state index contributed by atoms with van der Waals surface area (Å²) in [7, 11) is 0. The predicted octanol–water partition coefficient (Wildman–Crippen LogP) is 8.00. The summed E-state index contributed by atoms with van der Waals surface area (Å²) in [5.41, 5.74) is 9.54. The van der Waals surface area contributed by atoms with Crippen LogP contribution in [0.2, 0.25) is 5.02 Å². The molecule has 3 aromatic carbocycles. The van der Waals surface area contributed by atoms with Crippen molar-refractivity contribution in [2.75, 3.05) is 4.90 Å². The van der Waals surface area contributed by atoms with Crippen molar-refractivity contribution in [3.05, 3.63) is 116 Å². The molecule has 42 heavy (non-hydrogen) atoms. The highest BCUT2D eigenvalue weighted by molar-refractivity contribution is 6.33. The third-order valence-electron chi connectivity index (χ3n) is 7.67. The van der Waals surface area contributed by atoms with Gasteiger partial charge in [0.05, 0.1) is 33.8 Å². The van der Waals surface area contributed by atoms with Crippen LogP contribution in [-0.2, 0) is 17.6 Å². The van der Waals surface area contributed by atoms with E-state index in [0.717, 1.165) is 34.9 Å². The zero-order chi connectivity index (χ0) is 30.3. The largest absolute Gasteiger partial charge is 0.489 e. The van der Waals surface area contributed by atoms with Crippen LogP contribution >= 0.6 is 11.6 Å². The van der Waals surface area contributed by atoms with Crippen molar-refractivity contribution < 1.29 is 27.1 Å². The average Bonchev–Trinajstić information content (AvgIpc) is 2.93. The normalized spacial score (nSPS) is 17.3. The van der Waals surface area contributed by atoms with E-state index >= 15 is 0 Å². The van der Waals surface area contributed by atoms with E-state index in [2.05, 4.69) is 6.07 Å². The molecule has 10 heteroatoms. The molecule has 1 unspecified atom stereocenters. The van der Waals surface area contributed by atoms with E-state index in [1.807, 2.05) is 26.0 Å². The Hall–Kier alpha value is -4.29. The first kappa shape index (κ1) is 29.2. The van der Waals surface area contributed by atoms with Crippen molar-refractivity contribution in [1.29, 1.82) is 5.26 Å². The minimum atomic E-state index is -4.64. The van der Waals surface area contributed by atoms with Crippen LogP contribution < -0.4 is 15.4 Å². The molecule has 0 bridgehead atoms. The molecular formula is C32H26ClF4N3O2. The average molecular weight is 596 g/mol. The van der Waals surface area contributed by atoms with Crippen LogP contribution in [0.4, 0.5) is 23.2 Å². The Morgan fingerprint density at radius 2 is 1.79 bits per heavy atom. The van der Waals surface area contributed by atoms with E-state index in [-0.39, 0.29) is 46.7 Å². The second-order valence-corrected chi connectivity index (χ2v) is 10.8. The van der Waals surface area contributed by atoms with Crippen LogP contribution in [0.25, 0.3) is 0 Å². The molecule has 0 radical (unpaired) electrons. The fourth-order valence-electron chi connectivity index (χ4n) is 5.61. The highest BCUT2D eigenvalue weighted by atomic mass is 35.5. The summed E-state index contributed by atoms with van der Waals surface area (Å²) >= 11 is 6.40. The smallest absolute Gasteiger partial charge is 0.416 e. The van der Waals surface area contributed by atoms with Gasteiger partial charge >= 0.3 is 6.18 Å². The number of nitrogens with zero attached hydrogens (tertiary/aromatic N) is 2. The second-order valence-electron chi connectivity index (χ2n) is 10.4. The highest BCUT2D eigenvalue weighted by Crippen LogP contribution is 2.49. The maximum absolute atomic E-state index is 13.6. The predicted molar refractivity (Wildman–Crippen MR) is 151 cm³/mol. The lowest BCUT2D eigenvalue weighted by Crippen LogP contribution is -2.39. The van der Waals surface area contributed by atoms with E-state index in [1.165, 1.54) is 29.2 Å². The first-order chi connectivity index (χ1) is 19.9. The van der Waals surface area contributed by atoms with Crippen molar-refractivity contribution in [2.45, 2.75) is 51.8 Å². The van der Waals surface area contributed by atoms with E-state index in [0.29, 0.717) is 35.4 Å². The third-order valence-corrected chi connectivity index (χ3v) is 7.99. The number of ether oxygens (including phenoxy) is 1. The van der Waals surface area contributed by atoms with E-state index < -0.39 is 17.7 Å². The van der Waals surface area contributed by atoms with Gasteiger partial charge in [-0.15, -0.1) is 0 Å². The summed E-state index contributed by atoms with van der Waals surface area (Å²) in [5, 5.41) is 10.4. The molecule has 216 valence electrons. The number of carbonyl (C=O) groups excluding carboxylic acids is 1. The summed E-state index contributed by atoms with van der Waals surface area (Å²) in [6, 6.07) is 14.4. The zero-order valence-electron chi connectivity index (χ0n) is 22.8. The molecular weight excluding hydrogens is 570 g/mol. The summed E-state index contributed by atoms with van der Waals surface area (Å²) in [6.07, 6.45) is -3.59. The van der Waals surface area contributed by atoms with Gasteiger partial charge in [-0.05, 0) is 91.4 Å². The van der Waals surface area contributed by atoms with Crippen molar-refractivity contribution >= 4 is 23.1 Å². The molecule has 0 saturated heterocycles. The van der Waals surface area contributed by atoms with Crippen molar-refractivity contribution in [3.8, 4) is 11.8 Å². The number of Topliss-reactive ketones (excluding diaryl/α,β-unsaturated/α-hetero) is 1. The van der Waals surface area contributed by atoms with Gasteiger partial charge in [-0.25, -0.2) is 4.39 Å². The van der Waals surface area contributed by atoms with Crippen LogP contribution in [0.1, 0.15) is 53.0 Å². The molecule has 2 aliphatic rings. The molecule has 0 saturated carbocycles. The first-order valence-electron chi connectivity index (χ1n) is 13.2. The molecule has 1 aliphatic carbocycles. The molecule has 2 N–H and O–H groups in total. The molecule has 5 nitrogen and oxygen atoms in total. The third kappa shape index (κ3) is 5.35. The lowest BCUT2D eigenvalue weighted by Gasteiger charge is -2.40. The van der Waals surface area contributed by atoms with Gasteiger partial charge in [0, 0.05) is 17.7 Å². The Morgan fingerprint density at radius 1 is 1.07 bits per heavy atom. The summed E-state index contributed by atoms with van der Waals surface area (Å²) in [5.74, 6) is -1.04. The summed E-state index contributed by atoms with van der Waals surface area (Å²) in [4.78, 5) is 14.9. The number of anilines is 1. The number of aryl methyl sites for hydroxylation is 2. The summed E-state index contributed by atoms with van der Waals surface area (Å²) < 4.78 is 60.1. The molecule has 0 spiro atoms. The number of hydrogen-bond donors (Lipinski definition) is 1. The van der Waals surface area contributed by atoms with Gasteiger partial charge in [0.25, 0.3) is 0 Å². The van der Waals surface area contributed by atoms with Crippen LogP contribution in [0.5, 0.6) is 5.75 Å². The van der Waals surface area contributed by atoms with Gasteiger partial charge in [0.15, 0.2) is 5.78 Å². The van der Waals surface area contributed by atoms with Gasteiger partial charge < -0.3 is 10.5 Å². The monoisotopic (exact) mass is 595 g/mol. The van der Waals surface area contributed by atoms with Gasteiger partial charge in [-0.1, -0.05) is 23.7 Å². The molecule has 1 aliphatic heterocycles. The standard InChI is InChI=1S/C32H26ClF4N3O2/c1-17-12-18(2)23(13-19(17)16-42-22-9-7-21(34)8-10-22)29-24(15-38)31(39)40(26-4-3-5-28(41)30(26)29)27-14-20(32(35,36)37)6-11-25(27)33/h6-14,29H,3-5,16,39H2,1-2H3. The summed E-state index contributed by atoms with van der Waals surface area (Å²) in [6.45, 7) is 3.91. The number of rotatable bonds is 5. The van der Waals surface area contributed by atoms with Crippen LogP contribution in [0.15, 0.2) is 77.3 Å². The lowest BCUT2D eigenvalue weighted by molar-refractivity contribution is -0.137. The number of allylic oxidation sites excluding steroid dienone is 3. The second kappa shape index (κ2) is 11.2. The fraction of sp³-hybridized carbons (Fsp3) is 0.250. The quantitative estimate of drug-likeness (QED) is 0.302. The molecule has 1 heterocycles. The first-order valence-corrected chi connectivity index (χ1v) is 13.6. The Bertz CT molecular complexity index is 1690. The fourth-order valence-corrected chi connectivity index (χ4v) is 5.81. The number of nitrogens with two attached hydrogens (primary N) is 1. The molecule has 0 amide bonds. The Kier molecular flexibility index (Phi) is 7.78. The molecule has 0 aromatic heterocycles. The Labute approximate surface area is 245 Å². The minimum absolute atomic E-state index is 0.00157. The number of nitriles is 1. The van der Waals surface area contributed by atoms with Crippen LogP contribution in [0.3, 0.4) is 0 Å². The topological polar surface area (TPSA) is 79.4 Å². The Morgan fingerprint density at radius 3 is 2.45 bits per heavy atom. The van der Waals surface area contributed by atoms with Crippen molar-refractivity contribution in [2.24, 2.45) is 5.73 Å². The van der Waals surface area contributed by atoms with Crippen molar-refractivity contribution in [3.63, 3.8) is 0 Å². The minimum Gasteiger partial charge on any atom is -0.489 e. The molecule has 0 fully saturated rings. The number of ketones is 1. The van der Waals surface area contributed by atoms with Crippen LogP contribution in [-0.4, -0.2) is 5.78 Å². The zero-order valence-corrected chi connectivity index (χ0v) is 23.5. The van der Waals surface area contributed by atoms with E-state index in [4.69, 9.17) is 22.1 Å². The number of benzene rings is 3. The number of hydrogen-bond acceptors (Lipinski definition) is 5. The van der Waals surface area contributed by atoms with Gasteiger partial charge in [-0.3, -0.25) is 9.69 Å². The number of alkyl halides is 3. The Balaban J connectivity index is 1.65. The lowest BCUT2D eigenvalue weighted by atomic mass is 9.74. The van der Waals surface area contributed by atoms with E-state index in [1.54, 1.807) is 0 Å². The maximum Gasteiger partial charge on any atom is 0.416 e. The van der Waals surface area contributed by atoms with Crippen LogP contribution in [0, 0.1) is 31.0 Å². The maximum atomic E-state index is 13.6. The van der Waals surface area contributed by atoms with Gasteiger partial charge in [0.1, 0.15) is 24.0 Å². The number of carbonyl (C=O) groups is 1. The van der Waals surface area contributed by atoms with Crippen molar-refractivity contribution in [1.82, 2.24) is 0 Å². The van der Waals surface area contributed by atoms with E-state index in [9.17, 15) is 27.6 Å². The molecule has 3 aromatic rings. The van der Waals surface area contributed by atoms with Gasteiger partial charge in [-0.2, -0.15) is 18.4 Å². The number of halogens is 5. The molecule has 1 atom stereocenters. The SMILES string of the molecule is Cc1cc(C)c(C2C(C#N)=C(N)N(c3cc(C(F)(F)F)ccc3Cl)C3=C2C(=O)CCC3)cc1COc1ccc(F)cc1. The molecule has 5 rings (SSSR count). The highest BCUT2D eigenvalue weighted by Gasteiger charge is 2.42. The van der Waals surface area contributed by atoms with Gasteiger partial charge in [0.2, 0.25) is 0 Å².